The van der Waals surface area contributed by atoms with Gasteiger partial charge < -0.3 is 15.6 Å². The summed E-state index contributed by atoms with van der Waals surface area (Å²) in [5.41, 5.74) is 9.85. The molecule has 0 saturated heterocycles. The summed E-state index contributed by atoms with van der Waals surface area (Å²) in [5.74, 6) is -1.72. The Morgan fingerprint density at radius 1 is 1.28 bits per heavy atom. The van der Waals surface area contributed by atoms with E-state index in [-0.39, 0.29) is 24.4 Å². The lowest BCUT2D eigenvalue weighted by molar-refractivity contribution is -0.192. The summed E-state index contributed by atoms with van der Waals surface area (Å²) in [7, 11) is -3.34. The van der Waals surface area contributed by atoms with Crippen LogP contribution in [0.3, 0.4) is 0 Å². The average Bonchev–Trinajstić information content (AvgIpc) is 3.68. The first-order valence-electron chi connectivity index (χ1n) is 11.8. The highest BCUT2D eigenvalue weighted by Gasteiger charge is 2.41. The number of benzene rings is 1. The Bertz CT molecular complexity index is 1540. The van der Waals surface area contributed by atoms with Gasteiger partial charge in [0.2, 0.25) is 10.0 Å². The first kappa shape index (κ1) is 28.8. The summed E-state index contributed by atoms with van der Waals surface area (Å²) in [6, 6.07) is 1.60. The van der Waals surface area contributed by atoms with E-state index in [4.69, 9.17) is 32.0 Å². The molecule has 1 aliphatic carbocycles. The van der Waals surface area contributed by atoms with E-state index in [9.17, 15) is 21.6 Å². The molecule has 3 N–H and O–H groups in total. The molecule has 0 spiro atoms. The number of hydrogen-bond acceptors (Lipinski definition) is 8. The summed E-state index contributed by atoms with van der Waals surface area (Å²) in [5, 5.41) is 12.8. The van der Waals surface area contributed by atoms with E-state index in [0.29, 0.717) is 34.2 Å². The molecule has 0 bridgehead atoms. The van der Waals surface area contributed by atoms with Crippen LogP contribution in [-0.4, -0.2) is 68.1 Å². The number of aliphatic carboxylic acids is 1. The maximum Gasteiger partial charge on any atom is 0.490 e. The van der Waals surface area contributed by atoms with Gasteiger partial charge in [0.25, 0.3) is 0 Å². The molecule has 39 heavy (non-hydrogen) atoms. The molecule has 2 aliphatic rings. The van der Waals surface area contributed by atoms with Gasteiger partial charge >= 0.3 is 12.1 Å². The smallest absolute Gasteiger partial charge is 0.490 e. The van der Waals surface area contributed by atoms with Crippen molar-refractivity contribution in [2.45, 2.75) is 57.6 Å². The van der Waals surface area contributed by atoms with Gasteiger partial charge in [-0.15, -0.1) is 0 Å². The Balaban J connectivity index is 0.000000448. The number of sulfonamides is 1. The fraction of sp³-hybridized carbons (Fsp3) is 0.478. The van der Waals surface area contributed by atoms with Crippen molar-refractivity contribution in [3.8, 4) is 5.75 Å². The van der Waals surface area contributed by atoms with Gasteiger partial charge in [-0.1, -0.05) is 11.6 Å². The van der Waals surface area contributed by atoms with E-state index >= 15 is 0 Å². The summed E-state index contributed by atoms with van der Waals surface area (Å²) in [6.45, 7) is 6.57. The van der Waals surface area contributed by atoms with Crippen molar-refractivity contribution in [3.05, 3.63) is 39.8 Å². The largest absolute Gasteiger partial charge is 0.491 e. The molecule has 1 saturated carbocycles. The van der Waals surface area contributed by atoms with E-state index in [1.165, 1.54) is 10.6 Å². The molecule has 11 nitrogen and oxygen atoms in total. The second kappa shape index (κ2) is 10.4. The van der Waals surface area contributed by atoms with Crippen LogP contribution in [0.15, 0.2) is 12.4 Å². The highest BCUT2D eigenvalue weighted by Crippen LogP contribution is 2.41. The summed E-state index contributed by atoms with van der Waals surface area (Å²) < 4.78 is 67.1. The number of hydrogen-bond donors (Lipinski definition) is 2. The van der Waals surface area contributed by atoms with E-state index in [1.54, 1.807) is 4.68 Å². The van der Waals surface area contributed by atoms with E-state index in [2.05, 4.69) is 15.1 Å². The van der Waals surface area contributed by atoms with Gasteiger partial charge in [0.15, 0.2) is 5.65 Å². The summed E-state index contributed by atoms with van der Waals surface area (Å²) in [4.78, 5) is 17.4. The Kier molecular flexibility index (Phi) is 7.71. The zero-order valence-corrected chi connectivity index (χ0v) is 22.7. The van der Waals surface area contributed by atoms with Crippen molar-refractivity contribution in [1.82, 2.24) is 24.1 Å². The van der Waals surface area contributed by atoms with Crippen LogP contribution in [0.1, 0.15) is 48.2 Å². The molecule has 0 radical (unpaired) electrons. The first-order chi connectivity index (χ1) is 18.1. The van der Waals surface area contributed by atoms with Crippen molar-refractivity contribution in [2.75, 3.05) is 18.9 Å². The maximum atomic E-state index is 12.9. The molecular weight excluding hydrogens is 565 g/mol. The molecule has 212 valence electrons. The third-order valence-corrected chi connectivity index (χ3v) is 9.35. The number of carboxylic acid groups (broad SMARTS) is 1. The van der Waals surface area contributed by atoms with Crippen molar-refractivity contribution in [3.63, 3.8) is 0 Å². The highest BCUT2D eigenvalue weighted by molar-refractivity contribution is 7.90. The second-order valence-corrected chi connectivity index (χ2v) is 11.9. The molecule has 5 rings (SSSR count). The molecular formula is C23H26ClF3N6O5S. The minimum Gasteiger partial charge on any atom is -0.491 e. The normalized spacial score (nSPS) is 17.0. The molecule has 2 aromatic heterocycles. The van der Waals surface area contributed by atoms with Crippen molar-refractivity contribution in [1.29, 1.82) is 0 Å². The fourth-order valence-electron chi connectivity index (χ4n) is 4.34. The third-order valence-electron chi connectivity index (χ3n) is 6.61. The minimum absolute atomic E-state index is 0.244. The Labute approximate surface area is 226 Å². The number of nitrogens with two attached hydrogens (primary N) is 1. The average molecular weight is 591 g/mol. The topological polar surface area (TPSA) is 154 Å². The zero-order valence-electron chi connectivity index (χ0n) is 21.2. The van der Waals surface area contributed by atoms with Crippen LogP contribution >= 0.6 is 11.6 Å². The zero-order chi connectivity index (χ0) is 28.9. The maximum absolute atomic E-state index is 12.9. The number of alkyl halides is 3. The molecule has 0 amide bonds. The van der Waals surface area contributed by atoms with Gasteiger partial charge in [-0.25, -0.2) is 27.9 Å². The molecule has 16 heteroatoms. The molecule has 1 fully saturated rings. The Morgan fingerprint density at radius 2 is 1.92 bits per heavy atom. The SMILES string of the molecule is Cc1c(Cl)cc(C(C)n2nc(C)c3c(N)ncnc32)c2c1CN(S(=O)(=O)C1CC1)CCO2.O=C(O)C(F)(F)F. The monoisotopic (exact) mass is 590 g/mol. The van der Waals surface area contributed by atoms with Crippen LogP contribution in [0.4, 0.5) is 19.0 Å². The summed E-state index contributed by atoms with van der Waals surface area (Å²) in [6.07, 6.45) is -2.22. The van der Waals surface area contributed by atoms with Gasteiger partial charge in [0.05, 0.1) is 22.4 Å². The lowest BCUT2D eigenvalue weighted by Crippen LogP contribution is -2.35. The number of carbonyl (C=O) groups is 1. The van der Waals surface area contributed by atoms with Crippen LogP contribution < -0.4 is 10.5 Å². The van der Waals surface area contributed by atoms with Crippen LogP contribution in [0.2, 0.25) is 5.02 Å². The summed E-state index contributed by atoms with van der Waals surface area (Å²) >= 11 is 6.62. The fourth-order valence-corrected chi connectivity index (χ4v) is 6.36. The Morgan fingerprint density at radius 3 is 2.51 bits per heavy atom. The van der Waals surface area contributed by atoms with Gasteiger partial charge in [-0.2, -0.15) is 22.6 Å². The van der Waals surface area contributed by atoms with Gasteiger partial charge in [0, 0.05) is 29.2 Å². The van der Waals surface area contributed by atoms with Crippen LogP contribution in [0.25, 0.3) is 11.0 Å². The number of anilines is 1. The molecule has 1 atom stereocenters. The number of nitrogens with zero attached hydrogens (tertiary/aromatic N) is 5. The van der Waals surface area contributed by atoms with Crippen LogP contribution in [-0.2, 0) is 21.4 Å². The highest BCUT2D eigenvalue weighted by atomic mass is 35.5. The minimum atomic E-state index is -5.08. The third kappa shape index (κ3) is 5.61. The number of aryl methyl sites for hydroxylation is 1. The Hall–Kier alpha value is -3.17. The first-order valence-corrected chi connectivity index (χ1v) is 13.7. The van der Waals surface area contributed by atoms with Crippen molar-refractivity contribution < 1.29 is 36.2 Å². The number of carboxylic acids is 1. The number of nitrogen functional groups attached to an aromatic ring is 1. The quantitative estimate of drug-likeness (QED) is 0.464. The van der Waals surface area contributed by atoms with E-state index < -0.39 is 22.2 Å². The number of ether oxygens (including phenoxy) is 1. The van der Waals surface area contributed by atoms with E-state index in [1.807, 2.05) is 26.8 Å². The predicted molar refractivity (Wildman–Crippen MR) is 136 cm³/mol. The predicted octanol–water partition coefficient (Wildman–Crippen LogP) is 3.61. The lowest BCUT2D eigenvalue weighted by atomic mass is 9.98. The van der Waals surface area contributed by atoms with Gasteiger partial charge in [0.1, 0.15) is 24.5 Å². The number of fused-ring (bicyclic) bond motifs is 2. The van der Waals surface area contributed by atoms with Crippen LogP contribution in [0, 0.1) is 13.8 Å². The van der Waals surface area contributed by atoms with Gasteiger partial charge in [-0.05, 0) is 45.2 Å². The molecule has 3 aromatic rings. The molecule has 1 aromatic carbocycles. The van der Waals surface area contributed by atoms with Crippen LogP contribution in [0.5, 0.6) is 5.75 Å². The molecule has 1 aliphatic heterocycles. The van der Waals surface area contributed by atoms with Crippen molar-refractivity contribution in [2.24, 2.45) is 0 Å². The van der Waals surface area contributed by atoms with Gasteiger partial charge in [-0.3, -0.25) is 0 Å². The molecule has 1 unspecified atom stereocenters. The number of halogens is 4. The number of aromatic nitrogens is 4. The standard InChI is InChI=1S/C21H25ClN6O3S.C2HF3O2/c1-11-16-9-27(32(29,30)14-4-5-14)6-7-31-19(16)15(8-17(11)22)13(3)28-21-18(12(2)26-28)20(23)24-10-25-21;3-2(4,5)1(6)7/h8,10,13-14H,4-7,9H2,1-3H3,(H2,23,24,25);(H,6,7). The molecule has 3 heterocycles. The second-order valence-electron chi connectivity index (χ2n) is 9.27. The van der Waals surface area contributed by atoms with Crippen molar-refractivity contribution >= 4 is 44.4 Å². The lowest BCUT2D eigenvalue weighted by Gasteiger charge is -2.23. The van der Waals surface area contributed by atoms with E-state index in [0.717, 1.165) is 35.2 Å². The number of rotatable bonds is 4.